The van der Waals surface area contributed by atoms with Gasteiger partial charge >= 0.3 is 0 Å². The summed E-state index contributed by atoms with van der Waals surface area (Å²) in [6, 6.07) is 8.31. The molecule has 0 aliphatic heterocycles. The molecule has 7 heteroatoms. The van der Waals surface area contributed by atoms with Gasteiger partial charge in [-0.1, -0.05) is 19.1 Å². The quantitative estimate of drug-likeness (QED) is 0.473. The highest BCUT2D eigenvalue weighted by molar-refractivity contribution is 7.18. The Bertz CT molecular complexity index is 1050. The average molecular weight is 402 g/mol. The number of thiophene rings is 3. The first kappa shape index (κ1) is 17.6. The number of nitrogens with one attached hydrogen (secondary N) is 1. The van der Waals surface area contributed by atoms with Crippen LogP contribution in [0.2, 0.25) is 0 Å². The van der Waals surface area contributed by atoms with Crippen LogP contribution in [0.4, 0.5) is 0 Å². The highest BCUT2D eigenvalue weighted by Crippen LogP contribution is 2.34. The van der Waals surface area contributed by atoms with E-state index in [2.05, 4.69) is 41.2 Å². The van der Waals surface area contributed by atoms with E-state index in [1.165, 1.54) is 4.88 Å². The van der Waals surface area contributed by atoms with Crippen LogP contribution in [-0.2, 0) is 6.54 Å². The van der Waals surface area contributed by atoms with Gasteiger partial charge in [-0.2, -0.15) is 0 Å². The monoisotopic (exact) mass is 401 g/mol. The number of hydrogen-bond donors (Lipinski definition) is 1. The van der Waals surface area contributed by atoms with Crippen molar-refractivity contribution >= 4 is 44.2 Å². The Labute approximate surface area is 163 Å². The van der Waals surface area contributed by atoms with Crippen LogP contribution in [0.25, 0.3) is 20.7 Å². The predicted octanol–water partition coefficient (Wildman–Crippen LogP) is 5.36. The molecule has 0 saturated carbocycles. The van der Waals surface area contributed by atoms with Crippen molar-refractivity contribution in [3.63, 3.8) is 0 Å². The Morgan fingerprint density at radius 2 is 2.00 bits per heavy atom. The van der Waals surface area contributed by atoms with Crippen LogP contribution in [0, 0.1) is 0 Å². The fraction of sp³-hybridized carbons (Fsp3) is 0.263. The van der Waals surface area contributed by atoms with Gasteiger partial charge in [-0.15, -0.1) is 34.0 Å². The zero-order valence-electron chi connectivity index (χ0n) is 14.6. The summed E-state index contributed by atoms with van der Waals surface area (Å²) in [5.74, 6) is 0.737. The van der Waals surface area contributed by atoms with Crippen molar-refractivity contribution in [1.82, 2.24) is 14.9 Å². The lowest BCUT2D eigenvalue weighted by Gasteiger charge is -2.26. The molecule has 0 saturated heterocycles. The SMILES string of the molecule is CCN(Cc1cccs1)[C@@H](C)c1nc2scc(-c3cccs3)c2c(=O)[nH]1. The molecule has 1 atom stereocenters. The van der Waals surface area contributed by atoms with Crippen molar-refractivity contribution in [3.05, 3.63) is 61.5 Å². The van der Waals surface area contributed by atoms with Crippen LogP contribution in [0.3, 0.4) is 0 Å². The average Bonchev–Trinajstić information content (AvgIpc) is 3.39. The standard InChI is InChI=1S/C19H19N3OS3/c1-3-22(10-13-6-4-8-24-13)12(2)17-20-18(23)16-14(11-26-19(16)21-17)15-7-5-9-25-15/h4-9,11-12H,3,10H2,1-2H3,(H,20,21,23)/t12-/m0/s1. The molecule has 0 unspecified atom stereocenters. The summed E-state index contributed by atoms with van der Waals surface area (Å²) < 4.78 is 0. The molecule has 4 nitrogen and oxygen atoms in total. The van der Waals surface area contributed by atoms with Gasteiger partial charge in [0.25, 0.3) is 5.56 Å². The zero-order valence-corrected chi connectivity index (χ0v) is 17.0. The van der Waals surface area contributed by atoms with Crippen LogP contribution in [0.1, 0.15) is 30.6 Å². The number of H-pyrrole nitrogens is 1. The maximum absolute atomic E-state index is 12.8. The first-order valence-electron chi connectivity index (χ1n) is 8.49. The molecule has 4 aromatic heterocycles. The van der Waals surface area contributed by atoms with E-state index in [9.17, 15) is 4.79 Å². The molecule has 4 rings (SSSR count). The van der Waals surface area contributed by atoms with Gasteiger partial charge in [-0.25, -0.2) is 4.98 Å². The molecule has 0 radical (unpaired) electrons. The van der Waals surface area contributed by atoms with E-state index in [0.29, 0.717) is 5.39 Å². The van der Waals surface area contributed by atoms with Crippen LogP contribution in [0.15, 0.2) is 45.2 Å². The molecule has 0 spiro atoms. The summed E-state index contributed by atoms with van der Waals surface area (Å²) >= 11 is 4.94. The van der Waals surface area contributed by atoms with Gasteiger partial charge in [0.1, 0.15) is 10.7 Å². The third kappa shape index (κ3) is 3.27. The number of fused-ring (bicyclic) bond motifs is 1. The number of hydrogen-bond acceptors (Lipinski definition) is 6. The first-order chi connectivity index (χ1) is 12.7. The maximum Gasteiger partial charge on any atom is 0.260 e. The minimum Gasteiger partial charge on any atom is -0.309 e. The van der Waals surface area contributed by atoms with E-state index in [1.54, 1.807) is 34.0 Å². The van der Waals surface area contributed by atoms with E-state index in [1.807, 2.05) is 22.9 Å². The van der Waals surface area contributed by atoms with Crippen molar-refractivity contribution in [1.29, 1.82) is 0 Å². The third-order valence-electron chi connectivity index (χ3n) is 4.54. The van der Waals surface area contributed by atoms with Crippen molar-refractivity contribution in [2.24, 2.45) is 0 Å². The van der Waals surface area contributed by atoms with Crippen LogP contribution in [0.5, 0.6) is 0 Å². The molecule has 1 N–H and O–H groups in total. The predicted molar refractivity (Wildman–Crippen MR) is 112 cm³/mol. The summed E-state index contributed by atoms with van der Waals surface area (Å²) in [6.07, 6.45) is 0. The molecule has 0 amide bonds. The lowest BCUT2D eigenvalue weighted by molar-refractivity contribution is 0.207. The molecule has 4 heterocycles. The van der Waals surface area contributed by atoms with Gasteiger partial charge in [-0.05, 0) is 36.4 Å². The van der Waals surface area contributed by atoms with Gasteiger partial charge in [0.05, 0.1) is 11.4 Å². The molecule has 26 heavy (non-hydrogen) atoms. The Morgan fingerprint density at radius 1 is 1.19 bits per heavy atom. The molecule has 0 aromatic carbocycles. The second-order valence-electron chi connectivity index (χ2n) is 6.08. The molecule has 4 aromatic rings. The molecule has 0 fully saturated rings. The topological polar surface area (TPSA) is 49.0 Å². The van der Waals surface area contributed by atoms with Crippen molar-refractivity contribution in [2.45, 2.75) is 26.4 Å². The largest absolute Gasteiger partial charge is 0.309 e. The summed E-state index contributed by atoms with van der Waals surface area (Å²) in [5.41, 5.74) is 0.938. The van der Waals surface area contributed by atoms with Crippen molar-refractivity contribution in [2.75, 3.05) is 6.54 Å². The number of aromatic nitrogens is 2. The zero-order chi connectivity index (χ0) is 18.1. The van der Waals surface area contributed by atoms with E-state index in [0.717, 1.165) is 34.2 Å². The Morgan fingerprint density at radius 3 is 2.69 bits per heavy atom. The second kappa shape index (κ2) is 7.44. The fourth-order valence-electron chi connectivity index (χ4n) is 3.07. The van der Waals surface area contributed by atoms with E-state index in [4.69, 9.17) is 4.98 Å². The van der Waals surface area contributed by atoms with Gasteiger partial charge in [0, 0.05) is 27.2 Å². The van der Waals surface area contributed by atoms with Gasteiger partial charge in [-0.3, -0.25) is 9.69 Å². The summed E-state index contributed by atoms with van der Waals surface area (Å²) in [6.45, 7) is 6.00. The first-order valence-corrected chi connectivity index (χ1v) is 11.1. The minimum atomic E-state index is -0.0475. The second-order valence-corrected chi connectivity index (χ2v) is 8.91. The third-order valence-corrected chi connectivity index (χ3v) is 7.17. The van der Waals surface area contributed by atoms with Gasteiger partial charge in [0.15, 0.2) is 0 Å². The normalized spacial score (nSPS) is 12.9. The highest BCUT2D eigenvalue weighted by atomic mass is 32.1. The van der Waals surface area contributed by atoms with E-state index >= 15 is 0 Å². The fourth-order valence-corrected chi connectivity index (χ4v) is 5.57. The number of rotatable bonds is 6. The maximum atomic E-state index is 12.8. The summed E-state index contributed by atoms with van der Waals surface area (Å²) in [5, 5.41) is 6.86. The van der Waals surface area contributed by atoms with Gasteiger partial charge in [0.2, 0.25) is 0 Å². The number of aromatic amines is 1. The van der Waals surface area contributed by atoms with E-state index < -0.39 is 0 Å². The number of nitrogens with zero attached hydrogens (tertiary/aromatic N) is 2. The smallest absolute Gasteiger partial charge is 0.260 e. The van der Waals surface area contributed by atoms with Crippen LogP contribution >= 0.6 is 34.0 Å². The summed E-state index contributed by atoms with van der Waals surface area (Å²) in [4.78, 5) is 26.2. The van der Waals surface area contributed by atoms with E-state index in [-0.39, 0.29) is 11.6 Å². The van der Waals surface area contributed by atoms with Crippen LogP contribution in [-0.4, -0.2) is 21.4 Å². The minimum absolute atomic E-state index is 0.0475. The summed E-state index contributed by atoms with van der Waals surface area (Å²) in [7, 11) is 0. The Kier molecular flexibility index (Phi) is 5.04. The highest BCUT2D eigenvalue weighted by Gasteiger charge is 2.20. The molecular formula is C19H19N3OS3. The Hall–Kier alpha value is -1.80. The van der Waals surface area contributed by atoms with Crippen LogP contribution < -0.4 is 5.56 Å². The van der Waals surface area contributed by atoms with Gasteiger partial charge < -0.3 is 4.98 Å². The lowest BCUT2D eigenvalue weighted by atomic mass is 10.2. The molecule has 0 bridgehead atoms. The molecular weight excluding hydrogens is 382 g/mol. The molecule has 0 aliphatic rings. The van der Waals surface area contributed by atoms with Crippen molar-refractivity contribution < 1.29 is 0 Å². The lowest BCUT2D eigenvalue weighted by Crippen LogP contribution is -2.28. The molecule has 134 valence electrons. The van der Waals surface area contributed by atoms with Crippen molar-refractivity contribution in [3.8, 4) is 10.4 Å². The Balaban J connectivity index is 1.69. The molecule has 0 aliphatic carbocycles.